The number of benzene rings is 2. The quantitative estimate of drug-likeness (QED) is 0.384. The summed E-state index contributed by atoms with van der Waals surface area (Å²) < 4.78 is 50.8. The first kappa shape index (κ1) is 26.6. The molecule has 1 amide bonds. The van der Waals surface area contributed by atoms with E-state index in [4.69, 9.17) is 14.6 Å². The molecular formula is C27H34FN3O6S. The molecule has 9 nitrogen and oxygen atoms in total. The van der Waals surface area contributed by atoms with Gasteiger partial charge in [0.1, 0.15) is 0 Å². The highest BCUT2D eigenvalue weighted by molar-refractivity contribution is 7.92. The number of amides is 1. The van der Waals surface area contributed by atoms with Crippen molar-refractivity contribution in [3.63, 3.8) is 0 Å². The van der Waals surface area contributed by atoms with Gasteiger partial charge in [-0.05, 0) is 86.8 Å². The molecule has 1 saturated heterocycles. The van der Waals surface area contributed by atoms with Crippen LogP contribution in [0.1, 0.15) is 55.3 Å². The van der Waals surface area contributed by atoms with E-state index in [9.17, 15) is 17.6 Å². The molecule has 0 unspecified atom stereocenters. The minimum absolute atomic E-state index is 0.0258. The first-order valence-electron chi connectivity index (χ1n) is 13.1. The number of hydrogen-bond donors (Lipinski definition) is 3. The third-order valence-electron chi connectivity index (χ3n) is 7.76. The number of nitrogens with one attached hydrogen (secondary N) is 2. The van der Waals surface area contributed by atoms with Gasteiger partial charge in [0.25, 0.3) is 5.91 Å². The molecule has 2 aromatic rings. The Morgan fingerprint density at radius 1 is 1.08 bits per heavy atom. The van der Waals surface area contributed by atoms with Crippen LogP contribution in [0, 0.1) is 5.41 Å². The molecule has 2 aliphatic carbocycles. The fourth-order valence-electron chi connectivity index (χ4n) is 4.99. The number of sulfonamides is 1. The lowest BCUT2D eigenvalue weighted by molar-refractivity contribution is 0.101. The normalized spacial score (nSPS) is 18.5. The molecule has 11 heteroatoms. The van der Waals surface area contributed by atoms with Crippen LogP contribution in [0.2, 0.25) is 0 Å². The van der Waals surface area contributed by atoms with E-state index in [1.807, 2.05) is 0 Å². The van der Waals surface area contributed by atoms with E-state index < -0.39 is 29.2 Å². The predicted molar refractivity (Wildman–Crippen MR) is 143 cm³/mol. The Bertz CT molecular complexity index is 1270. The summed E-state index contributed by atoms with van der Waals surface area (Å²) in [6, 6.07) is 9.64. The van der Waals surface area contributed by atoms with Crippen molar-refractivity contribution in [1.82, 2.24) is 0 Å². The average molecular weight is 548 g/mol. The summed E-state index contributed by atoms with van der Waals surface area (Å²) in [5.41, 5.74) is 2.42. The second kappa shape index (κ2) is 11.0. The number of aliphatic hydroxyl groups excluding tert-OH is 1. The molecule has 3 N–H and O–H groups in total. The largest absolute Gasteiger partial charge is 0.487 e. The van der Waals surface area contributed by atoms with E-state index in [2.05, 4.69) is 14.9 Å². The lowest BCUT2D eigenvalue weighted by Gasteiger charge is -2.35. The number of nitrogens with zero attached hydrogens (tertiary/aromatic N) is 1. The van der Waals surface area contributed by atoms with Gasteiger partial charge in [-0.3, -0.25) is 9.52 Å². The van der Waals surface area contributed by atoms with Gasteiger partial charge in [0.05, 0.1) is 35.5 Å². The molecule has 0 bridgehead atoms. The molecule has 38 heavy (non-hydrogen) atoms. The minimum Gasteiger partial charge on any atom is -0.487 e. The van der Waals surface area contributed by atoms with Gasteiger partial charge in [-0.1, -0.05) is 0 Å². The Morgan fingerprint density at radius 3 is 2.47 bits per heavy atom. The van der Waals surface area contributed by atoms with Gasteiger partial charge in [-0.15, -0.1) is 0 Å². The minimum atomic E-state index is -3.70. The fourth-order valence-corrected chi connectivity index (χ4v) is 5.82. The van der Waals surface area contributed by atoms with Crippen LogP contribution in [0.5, 0.6) is 11.5 Å². The van der Waals surface area contributed by atoms with E-state index in [1.165, 1.54) is 18.9 Å². The van der Waals surface area contributed by atoms with Gasteiger partial charge in [0.2, 0.25) is 16.9 Å². The number of aliphatic hydroxyl groups is 1. The summed E-state index contributed by atoms with van der Waals surface area (Å²) in [7, 11) is -3.70. The summed E-state index contributed by atoms with van der Waals surface area (Å²) in [5, 5.41) is 12.0. The molecule has 206 valence electrons. The molecule has 3 aliphatic rings. The third-order valence-corrected chi connectivity index (χ3v) is 9.03. The Labute approximate surface area is 222 Å². The number of carbonyl (C=O) groups is 1. The van der Waals surface area contributed by atoms with Crippen molar-refractivity contribution in [3.8, 4) is 11.5 Å². The summed E-state index contributed by atoms with van der Waals surface area (Å²) in [6.45, 7) is 0.141. The van der Waals surface area contributed by atoms with Gasteiger partial charge in [-0.2, -0.15) is 0 Å². The summed E-state index contributed by atoms with van der Waals surface area (Å²) >= 11 is 0. The molecule has 1 aliphatic heterocycles. The number of ether oxygens (including phenoxy) is 2. The van der Waals surface area contributed by atoms with Crippen molar-refractivity contribution in [3.05, 3.63) is 42.0 Å². The van der Waals surface area contributed by atoms with Crippen molar-refractivity contribution in [1.29, 1.82) is 0 Å². The maximum Gasteiger partial charge on any atom is 0.255 e. The first-order chi connectivity index (χ1) is 18.3. The SMILES string of the molecule is O=C(Nc1ccc(NS(=O)(=O)CCO)cc1N1CCC2(CC1)CC2)c1ccc(OCF)c(OC2CCC2)c1. The monoisotopic (exact) mass is 547 g/mol. The second-order valence-electron chi connectivity index (χ2n) is 10.4. The number of rotatable bonds is 11. The molecule has 0 aromatic heterocycles. The van der Waals surface area contributed by atoms with Gasteiger partial charge in [-0.25, -0.2) is 12.8 Å². The summed E-state index contributed by atoms with van der Waals surface area (Å²) in [4.78, 5) is 15.5. The van der Waals surface area contributed by atoms with Gasteiger partial charge in [0.15, 0.2) is 11.5 Å². The maximum absolute atomic E-state index is 13.3. The van der Waals surface area contributed by atoms with E-state index in [0.29, 0.717) is 28.1 Å². The number of anilines is 3. The van der Waals surface area contributed by atoms with Crippen LogP contribution >= 0.6 is 0 Å². The number of piperidine rings is 1. The lowest BCUT2D eigenvalue weighted by atomic mass is 9.93. The first-order valence-corrected chi connectivity index (χ1v) is 14.8. The van der Waals surface area contributed by atoms with Crippen LogP contribution in [0.15, 0.2) is 36.4 Å². The molecule has 0 atom stereocenters. The van der Waals surface area contributed by atoms with Crippen molar-refractivity contribution < 1.29 is 32.2 Å². The Hall–Kier alpha value is -3.05. The Balaban J connectivity index is 1.39. The maximum atomic E-state index is 13.3. The third kappa shape index (κ3) is 6.15. The highest BCUT2D eigenvalue weighted by Crippen LogP contribution is 2.54. The van der Waals surface area contributed by atoms with Crippen LogP contribution in [-0.2, 0) is 10.0 Å². The second-order valence-corrected chi connectivity index (χ2v) is 12.2. The summed E-state index contributed by atoms with van der Waals surface area (Å²) in [6.07, 6.45) is 7.50. The molecule has 2 aromatic carbocycles. The average Bonchev–Trinajstić information content (AvgIpc) is 3.62. The highest BCUT2D eigenvalue weighted by Gasteiger charge is 2.44. The predicted octanol–water partition coefficient (Wildman–Crippen LogP) is 4.29. The van der Waals surface area contributed by atoms with Crippen molar-refractivity contribution in [2.45, 2.75) is 51.0 Å². The fraction of sp³-hybridized carbons (Fsp3) is 0.519. The van der Waals surface area contributed by atoms with E-state index in [1.54, 1.807) is 30.3 Å². The molecule has 1 spiro atoms. The number of carbonyl (C=O) groups excluding carboxylic acids is 1. The molecular weight excluding hydrogens is 513 g/mol. The Kier molecular flexibility index (Phi) is 7.67. The highest BCUT2D eigenvalue weighted by atomic mass is 32.2. The summed E-state index contributed by atoms with van der Waals surface area (Å²) in [5.74, 6) is -0.195. The standard InChI is InChI=1S/C27H34FN3O6S/c28-18-36-24-7-4-19(16-25(24)37-21-2-1-3-21)26(33)29-22-6-5-20(30-38(34,35)15-14-32)17-23(22)31-12-10-27(8-9-27)11-13-31/h4-7,16-17,21,30,32H,1-3,8-15,18H2,(H,29,33). The van der Waals surface area contributed by atoms with Crippen molar-refractivity contribution >= 4 is 33.0 Å². The number of alkyl halides is 1. The lowest BCUT2D eigenvalue weighted by Crippen LogP contribution is -2.35. The zero-order valence-electron chi connectivity index (χ0n) is 21.2. The van der Waals surface area contributed by atoms with Crippen molar-refractivity contribution in [2.75, 3.05) is 47.2 Å². The molecule has 3 fully saturated rings. The van der Waals surface area contributed by atoms with E-state index in [0.717, 1.165) is 50.9 Å². The number of halogens is 1. The molecule has 2 saturated carbocycles. The van der Waals surface area contributed by atoms with Crippen LogP contribution in [0.4, 0.5) is 21.5 Å². The van der Waals surface area contributed by atoms with Crippen molar-refractivity contribution in [2.24, 2.45) is 5.41 Å². The van der Waals surface area contributed by atoms with Gasteiger partial charge in [0, 0.05) is 18.7 Å². The van der Waals surface area contributed by atoms with Crippen LogP contribution in [-0.4, -0.2) is 57.8 Å². The number of hydrogen-bond acceptors (Lipinski definition) is 7. The Morgan fingerprint density at radius 2 is 1.84 bits per heavy atom. The van der Waals surface area contributed by atoms with Crippen LogP contribution < -0.4 is 24.4 Å². The zero-order chi connectivity index (χ0) is 26.8. The van der Waals surface area contributed by atoms with Gasteiger partial charge >= 0.3 is 0 Å². The molecule has 1 heterocycles. The zero-order valence-corrected chi connectivity index (χ0v) is 22.1. The molecule has 5 rings (SSSR count). The molecule has 0 radical (unpaired) electrons. The topological polar surface area (TPSA) is 117 Å². The van der Waals surface area contributed by atoms with Gasteiger partial charge < -0.3 is 24.8 Å². The van der Waals surface area contributed by atoms with Crippen LogP contribution in [0.3, 0.4) is 0 Å². The van der Waals surface area contributed by atoms with E-state index in [-0.39, 0.29) is 17.8 Å². The van der Waals surface area contributed by atoms with E-state index >= 15 is 0 Å². The van der Waals surface area contributed by atoms with Crippen LogP contribution in [0.25, 0.3) is 0 Å². The smallest absolute Gasteiger partial charge is 0.255 e.